The predicted molar refractivity (Wildman–Crippen MR) is 69.7 cm³/mol. The molecule has 0 fully saturated rings. The molecule has 0 saturated heterocycles. The molecule has 1 rings (SSSR count). The van der Waals surface area contributed by atoms with Crippen LogP contribution in [-0.2, 0) is 9.05 Å². The van der Waals surface area contributed by atoms with Gasteiger partial charge in [0.1, 0.15) is 10.7 Å². The summed E-state index contributed by atoms with van der Waals surface area (Å²) in [6.07, 6.45) is 3.73. The van der Waals surface area contributed by atoms with Crippen LogP contribution in [0.25, 0.3) is 0 Å². The van der Waals surface area contributed by atoms with Gasteiger partial charge in [0, 0.05) is 16.6 Å². The zero-order chi connectivity index (χ0) is 13.3. The molecule has 0 unspecified atom stereocenters. The van der Waals surface area contributed by atoms with E-state index in [1.54, 1.807) is 0 Å². The Bertz CT molecular complexity index is 417. The van der Waals surface area contributed by atoms with E-state index in [4.69, 9.17) is 22.3 Å². The Morgan fingerprint density at radius 2 is 1.82 bits per heavy atom. The number of halogens is 3. The second kappa shape index (κ2) is 8.72. The van der Waals surface area contributed by atoms with E-state index in [9.17, 15) is 12.8 Å². The van der Waals surface area contributed by atoms with Crippen LogP contribution in [0.2, 0.25) is 0 Å². The molecule has 0 N–H and O–H groups in total. The Morgan fingerprint density at radius 3 is 2.12 bits per heavy atom. The maximum atomic E-state index is 12.6. The van der Waals surface area contributed by atoms with Crippen LogP contribution in [0.1, 0.15) is 26.2 Å². The molecule has 2 nitrogen and oxygen atoms in total. The van der Waals surface area contributed by atoms with E-state index in [0.717, 1.165) is 18.0 Å². The molecule has 0 aliphatic carbocycles. The van der Waals surface area contributed by atoms with E-state index in [-0.39, 0.29) is 0 Å². The first-order chi connectivity index (χ1) is 7.93. The minimum Gasteiger partial charge on any atom is -0.207 e. The first-order valence-electron chi connectivity index (χ1n) is 5.18. The van der Waals surface area contributed by atoms with Crippen LogP contribution in [0.5, 0.6) is 0 Å². The topological polar surface area (TPSA) is 34.1 Å². The number of hydrogen-bond donors (Lipinski definition) is 0. The Morgan fingerprint density at radius 1 is 1.24 bits per heavy atom. The van der Waals surface area contributed by atoms with Gasteiger partial charge in [-0.1, -0.05) is 31.9 Å². The van der Waals surface area contributed by atoms with Crippen molar-refractivity contribution in [1.29, 1.82) is 0 Å². The highest BCUT2D eigenvalue weighted by molar-refractivity contribution is 8.13. The number of rotatable bonds is 4. The smallest absolute Gasteiger partial charge is 0.207 e. The van der Waals surface area contributed by atoms with E-state index in [0.29, 0.717) is 0 Å². The Balaban J connectivity index is 0.000000366. The highest BCUT2D eigenvalue weighted by atomic mass is 35.7. The third-order valence-electron chi connectivity index (χ3n) is 1.84. The van der Waals surface area contributed by atoms with Gasteiger partial charge < -0.3 is 0 Å². The molecule has 0 bridgehead atoms. The van der Waals surface area contributed by atoms with Crippen LogP contribution in [0.15, 0.2) is 29.2 Å². The Hall–Kier alpha value is -0.320. The maximum Gasteiger partial charge on any atom is 0.264 e. The molecule has 0 atom stereocenters. The average Bonchev–Trinajstić information content (AvgIpc) is 2.26. The number of alkyl halides is 1. The van der Waals surface area contributed by atoms with Crippen LogP contribution >= 0.6 is 22.3 Å². The molecule has 0 aliphatic heterocycles. The van der Waals surface area contributed by atoms with E-state index in [2.05, 4.69) is 6.92 Å². The molecule has 17 heavy (non-hydrogen) atoms. The quantitative estimate of drug-likeness (QED) is 0.475. The predicted octanol–water partition coefficient (Wildman–Crippen LogP) is 4.17. The lowest BCUT2D eigenvalue weighted by Gasteiger charge is -1.95. The van der Waals surface area contributed by atoms with Crippen LogP contribution in [-0.4, -0.2) is 14.3 Å². The van der Waals surface area contributed by atoms with Crippen LogP contribution < -0.4 is 0 Å². The van der Waals surface area contributed by atoms with Gasteiger partial charge in [0.05, 0.1) is 0 Å². The minimum atomic E-state index is -3.94. The van der Waals surface area contributed by atoms with Gasteiger partial charge in [0.2, 0.25) is 0 Å². The third-order valence-corrected chi connectivity index (χ3v) is 3.46. The van der Waals surface area contributed by atoms with Gasteiger partial charge in [-0.25, -0.2) is 12.8 Å². The molecular weight excluding hydrogens is 286 g/mol. The number of hydrogen-bond acceptors (Lipinski definition) is 2. The summed E-state index contributed by atoms with van der Waals surface area (Å²) in [6.45, 7) is 2.17. The van der Waals surface area contributed by atoms with Gasteiger partial charge in [-0.15, -0.1) is 11.6 Å². The fourth-order valence-corrected chi connectivity index (χ4v) is 2.09. The van der Waals surface area contributed by atoms with Crippen molar-refractivity contribution >= 4 is 31.3 Å². The molecular formula is C11H15Cl2FO2S. The van der Waals surface area contributed by atoms with E-state index < -0.39 is 19.8 Å². The van der Waals surface area contributed by atoms with E-state index >= 15 is 0 Å². The van der Waals surface area contributed by atoms with Crippen molar-refractivity contribution in [2.24, 2.45) is 0 Å². The van der Waals surface area contributed by atoms with Gasteiger partial charge in [-0.05, 0) is 18.6 Å². The Kier molecular flexibility index (Phi) is 8.56. The second-order valence-electron chi connectivity index (χ2n) is 3.26. The minimum absolute atomic E-state index is 0.485. The molecule has 6 heteroatoms. The summed E-state index contributed by atoms with van der Waals surface area (Å²) in [5, 5.41) is 0. The van der Waals surface area contributed by atoms with Crippen LogP contribution in [0, 0.1) is 5.82 Å². The van der Waals surface area contributed by atoms with E-state index in [1.165, 1.54) is 31.4 Å². The fraction of sp³-hybridized carbons (Fsp3) is 0.455. The third kappa shape index (κ3) is 7.58. The fourth-order valence-electron chi connectivity index (χ4n) is 0.987. The van der Waals surface area contributed by atoms with E-state index in [1.807, 2.05) is 0 Å². The molecule has 0 amide bonds. The lowest BCUT2D eigenvalue weighted by molar-refractivity contribution is 0.575. The van der Waals surface area contributed by atoms with Crippen molar-refractivity contribution in [3.8, 4) is 0 Å². The monoisotopic (exact) mass is 300 g/mol. The van der Waals surface area contributed by atoms with Crippen molar-refractivity contribution in [2.75, 3.05) is 5.88 Å². The molecule has 0 radical (unpaired) electrons. The van der Waals surface area contributed by atoms with Crippen molar-refractivity contribution in [3.05, 3.63) is 30.1 Å². The van der Waals surface area contributed by atoms with Crippen LogP contribution in [0.3, 0.4) is 0 Å². The normalized spacial score (nSPS) is 10.6. The molecule has 0 aliphatic rings. The summed E-state index contributed by atoms with van der Waals surface area (Å²) in [5.41, 5.74) is 0. The summed E-state index contributed by atoms with van der Waals surface area (Å²) in [5.74, 6) is -0.00380. The van der Waals surface area contributed by atoms with Gasteiger partial charge in [-0.2, -0.15) is 0 Å². The molecule has 1 aromatic rings. The summed E-state index contributed by atoms with van der Waals surface area (Å²) in [6, 6.07) is 4.94. The zero-order valence-electron chi connectivity index (χ0n) is 9.50. The molecule has 0 saturated carbocycles. The highest BCUT2D eigenvalue weighted by Gasteiger charge is 2.13. The van der Waals surface area contributed by atoms with Gasteiger partial charge in [0.15, 0.2) is 0 Å². The van der Waals surface area contributed by atoms with Crippen molar-refractivity contribution in [2.45, 2.75) is 31.1 Å². The number of benzene rings is 1. The molecule has 0 aromatic heterocycles. The lowest BCUT2D eigenvalue weighted by atomic mass is 10.3. The zero-order valence-corrected chi connectivity index (χ0v) is 11.8. The molecule has 1 aromatic carbocycles. The van der Waals surface area contributed by atoms with Gasteiger partial charge in [-0.3, -0.25) is 0 Å². The Labute approximate surface area is 111 Å². The van der Waals surface area contributed by atoms with Crippen molar-refractivity contribution in [1.82, 2.24) is 0 Å². The summed E-state index contributed by atoms with van der Waals surface area (Å²) in [4.78, 5) is -0.485. The van der Waals surface area contributed by atoms with Gasteiger partial charge in [0.25, 0.3) is 9.05 Å². The maximum absolute atomic E-state index is 12.6. The van der Waals surface area contributed by atoms with Crippen molar-refractivity contribution < 1.29 is 12.8 Å². The standard InChI is InChI=1S/C6H4ClFO2S.C5H11Cl/c7-11(9,10)6-4-2-1-3-5(6)8;1-2-3-4-5-6/h1-4H;2-5H2,1H3. The van der Waals surface area contributed by atoms with Crippen LogP contribution in [0.4, 0.5) is 4.39 Å². The highest BCUT2D eigenvalue weighted by Crippen LogP contribution is 2.17. The summed E-state index contributed by atoms with van der Waals surface area (Å²) in [7, 11) is 0.960. The molecule has 98 valence electrons. The average molecular weight is 301 g/mol. The molecule has 0 heterocycles. The first-order valence-corrected chi connectivity index (χ1v) is 8.03. The second-order valence-corrected chi connectivity index (χ2v) is 6.18. The first kappa shape index (κ1) is 16.7. The number of unbranched alkanes of at least 4 members (excludes halogenated alkanes) is 2. The summed E-state index contributed by atoms with van der Waals surface area (Å²) >= 11 is 5.38. The molecule has 0 spiro atoms. The SMILES string of the molecule is CCCCCCl.O=S(=O)(Cl)c1ccccc1F. The van der Waals surface area contributed by atoms with Crippen molar-refractivity contribution in [3.63, 3.8) is 0 Å². The lowest BCUT2D eigenvalue weighted by Crippen LogP contribution is -1.93. The summed E-state index contributed by atoms with van der Waals surface area (Å²) < 4.78 is 33.8. The van der Waals surface area contributed by atoms with Gasteiger partial charge >= 0.3 is 0 Å². The largest absolute Gasteiger partial charge is 0.264 e.